The van der Waals surface area contributed by atoms with Crippen LogP contribution in [0.15, 0.2) is 23.3 Å². The second-order valence-electron chi connectivity index (χ2n) is 2.07. The van der Waals surface area contributed by atoms with Crippen LogP contribution in [0.4, 0.5) is 18.9 Å². The molecule has 0 saturated heterocycles. The molecule has 0 atom stereocenters. The van der Waals surface area contributed by atoms with E-state index in [1.165, 1.54) is 6.07 Å². The molecule has 0 aliphatic rings. The first-order chi connectivity index (χ1) is 6.05. The second kappa shape index (κ2) is 3.37. The molecule has 13 heavy (non-hydrogen) atoms. The zero-order valence-corrected chi connectivity index (χ0v) is 6.17. The molecule has 0 aromatic carbocycles. The molecule has 0 radical (unpaired) electrons. The summed E-state index contributed by atoms with van der Waals surface area (Å²) < 4.78 is 36.4. The topological polar surface area (TPSA) is 42.3 Å². The number of halogens is 3. The van der Waals surface area contributed by atoms with Gasteiger partial charge < -0.3 is 0 Å². The van der Waals surface area contributed by atoms with Gasteiger partial charge in [0, 0.05) is 6.20 Å². The smallest absolute Gasteiger partial charge is 0.250 e. The average Bonchev–Trinajstić information content (AvgIpc) is 2.04. The minimum absolute atomic E-state index is 0.523. The molecule has 0 fully saturated rings. The van der Waals surface area contributed by atoms with Gasteiger partial charge in [-0.05, 0) is 12.1 Å². The summed E-state index contributed by atoms with van der Waals surface area (Å²) in [6, 6.07) is 2.30. The van der Waals surface area contributed by atoms with E-state index in [0.717, 1.165) is 18.3 Å². The highest BCUT2D eigenvalue weighted by Crippen LogP contribution is 2.33. The van der Waals surface area contributed by atoms with E-state index in [-0.39, 0.29) is 0 Å². The van der Waals surface area contributed by atoms with Gasteiger partial charge >= 0.3 is 6.18 Å². The van der Waals surface area contributed by atoms with Gasteiger partial charge in [0.25, 0.3) is 0 Å². The zero-order chi connectivity index (χ0) is 9.90. The molecule has 0 amide bonds. The standard InChI is InChI=1S/C7H3F3N2O/c8-7(9,10)6-5(12-4-13)2-1-3-11-6/h1-3H. The summed E-state index contributed by atoms with van der Waals surface area (Å²) in [6.07, 6.45) is -2.59. The fraction of sp³-hybridized carbons (Fsp3) is 0.143. The molecule has 0 N–H and O–H groups in total. The van der Waals surface area contributed by atoms with E-state index in [0.29, 0.717) is 0 Å². The predicted octanol–water partition coefficient (Wildman–Crippen LogP) is 2.07. The molecule has 0 aliphatic carbocycles. The first-order valence-electron chi connectivity index (χ1n) is 3.16. The summed E-state index contributed by atoms with van der Waals surface area (Å²) in [7, 11) is 0. The number of hydrogen-bond donors (Lipinski definition) is 0. The van der Waals surface area contributed by atoms with Crippen molar-refractivity contribution in [2.75, 3.05) is 0 Å². The van der Waals surface area contributed by atoms with Crippen LogP contribution in [0.1, 0.15) is 5.69 Å². The molecule has 6 heteroatoms. The highest BCUT2D eigenvalue weighted by atomic mass is 19.4. The lowest BCUT2D eigenvalue weighted by atomic mass is 10.3. The fourth-order valence-corrected chi connectivity index (χ4v) is 0.755. The number of nitrogens with zero attached hydrogens (tertiary/aromatic N) is 2. The fourth-order valence-electron chi connectivity index (χ4n) is 0.755. The summed E-state index contributed by atoms with van der Waals surface area (Å²) in [5.74, 6) is 0. The Hall–Kier alpha value is -1.68. The van der Waals surface area contributed by atoms with Crippen LogP contribution in [0.2, 0.25) is 0 Å². The van der Waals surface area contributed by atoms with Crippen molar-refractivity contribution in [2.24, 2.45) is 4.99 Å². The van der Waals surface area contributed by atoms with Gasteiger partial charge in [-0.15, -0.1) is 0 Å². The maximum absolute atomic E-state index is 12.1. The lowest BCUT2D eigenvalue weighted by Crippen LogP contribution is -2.07. The number of alkyl halides is 3. The van der Waals surface area contributed by atoms with Crippen LogP contribution >= 0.6 is 0 Å². The second-order valence-corrected chi connectivity index (χ2v) is 2.07. The van der Waals surface area contributed by atoms with Crippen molar-refractivity contribution in [3.05, 3.63) is 24.0 Å². The highest BCUT2D eigenvalue weighted by molar-refractivity contribution is 5.51. The van der Waals surface area contributed by atoms with Gasteiger partial charge in [-0.2, -0.15) is 18.2 Å². The summed E-state index contributed by atoms with van der Waals surface area (Å²) >= 11 is 0. The summed E-state index contributed by atoms with van der Waals surface area (Å²) in [6.45, 7) is 0. The van der Waals surface area contributed by atoms with E-state index in [4.69, 9.17) is 0 Å². The molecule has 1 rings (SSSR count). The predicted molar refractivity (Wildman–Crippen MR) is 37.0 cm³/mol. The Morgan fingerprint density at radius 3 is 2.69 bits per heavy atom. The molecular formula is C7H3F3N2O. The number of carbonyl (C=O) groups excluding carboxylic acids is 1. The Labute approximate surface area is 70.9 Å². The van der Waals surface area contributed by atoms with Crippen LogP contribution in [0.5, 0.6) is 0 Å². The van der Waals surface area contributed by atoms with Crippen molar-refractivity contribution >= 4 is 11.8 Å². The number of pyridine rings is 1. The van der Waals surface area contributed by atoms with E-state index in [2.05, 4.69) is 9.98 Å². The molecule has 0 bridgehead atoms. The normalized spacial score (nSPS) is 10.7. The molecule has 0 spiro atoms. The van der Waals surface area contributed by atoms with Gasteiger partial charge in [-0.1, -0.05) is 0 Å². The molecule has 1 aromatic rings. The van der Waals surface area contributed by atoms with Gasteiger partial charge in [-0.25, -0.2) is 9.78 Å². The zero-order valence-electron chi connectivity index (χ0n) is 6.17. The van der Waals surface area contributed by atoms with Crippen LogP contribution in [0.25, 0.3) is 0 Å². The van der Waals surface area contributed by atoms with E-state index >= 15 is 0 Å². The summed E-state index contributed by atoms with van der Waals surface area (Å²) in [5, 5.41) is 0. The number of aliphatic imine (C=N–C) groups is 1. The van der Waals surface area contributed by atoms with Crippen LogP contribution in [-0.4, -0.2) is 11.1 Å². The Balaban J connectivity index is 3.27. The van der Waals surface area contributed by atoms with E-state index in [1.54, 1.807) is 0 Å². The third-order valence-corrected chi connectivity index (χ3v) is 1.22. The van der Waals surface area contributed by atoms with E-state index in [9.17, 15) is 18.0 Å². The molecule has 68 valence electrons. The average molecular weight is 188 g/mol. The molecule has 3 nitrogen and oxygen atoms in total. The summed E-state index contributed by atoms with van der Waals surface area (Å²) in [5.41, 5.74) is -1.71. The Bertz CT molecular complexity index is 355. The molecule has 0 saturated carbocycles. The van der Waals surface area contributed by atoms with Crippen molar-refractivity contribution in [1.82, 2.24) is 4.98 Å². The van der Waals surface area contributed by atoms with E-state index in [1.807, 2.05) is 0 Å². The largest absolute Gasteiger partial charge is 0.435 e. The molecule has 0 aliphatic heterocycles. The maximum atomic E-state index is 12.1. The number of aromatic nitrogens is 1. The maximum Gasteiger partial charge on any atom is 0.435 e. The Morgan fingerprint density at radius 2 is 2.15 bits per heavy atom. The quantitative estimate of drug-likeness (QED) is 0.500. The van der Waals surface area contributed by atoms with Crippen LogP contribution in [0.3, 0.4) is 0 Å². The van der Waals surface area contributed by atoms with Gasteiger partial charge in [-0.3, -0.25) is 0 Å². The first-order valence-corrected chi connectivity index (χ1v) is 3.16. The molecule has 0 unspecified atom stereocenters. The summed E-state index contributed by atoms with van der Waals surface area (Å²) in [4.78, 5) is 15.7. The number of isocyanates is 1. The number of hydrogen-bond acceptors (Lipinski definition) is 3. The highest BCUT2D eigenvalue weighted by Gasteiger charge is 2.35. The SMILES string of the molecule is O=C=Nc1cccnc1C(F)(F)F. The van der Waals surface area contributed by atoms with E-state index < -0.39 is 17.6 Å². The van der Waals surface area contributed by atoms with Gasteiger partial charge in [0.05, 0.1) is 0 Å². The lowest BCUT2D eigenvalue weighted by Gasteiger charge is -2.05. The van der Waals surface area contributed by atoms with Crippen LogP contribution < -0.4 is 0 Å². The molecule has 1 aromatic heterocycles. The van der Waals surface area contributed by atoms with Gasteiger partial charge in [0.1, 0.15) is 5.69 Å². The van der Waals surface area contributed by atoms with Gasteiger partial charge in [0.2, 0.25) is 6.08 Å². The minimum Gasteiger partial charge on any atom is -0.250 e. The Kier molecular flexibility index (Phi) is 2.44. The minimum atomic E-state index is -4.60. The van der Waals surface area contributed by atoms with Crippen molar-refractivity contribution in [1.29, 1.82) is 0 Å². The van der Waals surface area contributed by atoms with Crippen molar-refractivity contribution in [3.8, 4) is 0 Å². The van der Waals surface area contributed by atoms with Gasteiger partial charge in [0.15, 0.2) is 5.69 Å². The molecular weight excluding hydrogens is 185 g/mol. The van der Waals surface area contributed by atoms with Crippen LogP contribution in [-0.2, 0) is 11.0 Å². The molecule has 1 heterocycles. The van der Waals surface area contributed by atoms with Crippen molar-refractivity contribution in [2.45, 2.75) is 6.18 Å². The third kappa shape index (κ3) is 2.13. The van der Waals surface area contributed by atoms with Crippen molar-refractivity contribution < 1.29 is 18.0 Å². The monoisotopic (exact) mass is 188 g/mol. The van der Waals surface area contributed by atoms with Crippen molar-refractivity contribution in [3.63, 3.8) is 0 Å². The lowest BCUT2D eigenvalue weighted by molar-refractivity contribution is -0.140. The Morgan fingerprint density at radius 1 is 1.46 bits per heavy atom. The number of rotatable bonds is 1. The third-order valence-electron chi connectivity index (χ3n) is 1.22. The first kappa shape index (κ1) is 9.41. The van der Waals surface area contributed by atoms with Crippen LogP contribution in [0, 0.1) is 0 Å².